The molecular weight excluding hydrogens is 207 g/mol. The van der Waals surface area contributed by atoms with Crippen molar-refractivity contribution in [3.05, 3.63) is 22.8 Å². The Morgan fingerprint density at radius 3 is 1.86 bits per heavy atom. The summed E-state index contributed by atoms with van der Waals surface area (Å²) in [6.07, 6.45) is 0. The molecule has 0 bridgehead atoms. The van der Waals surface area contributed by atoms with Gasteiger partial charge in [-0.25, -0.2) is 0 Å². The van der Waals surface area contributed by atoms with Gasteiger partial charge in [0.1, 0.15) is 0 Å². The number of carbonyl (C=O) groups is 1. The topological polar surface area (TPSA) is 92.2 Å². The molecule has 0 aliphatic heterocycles. The molecule has 0 aliphatic carbocycles. The molecule has 14 heavy (non-hydrogen) atoms. The second-order valence-electron chi connectivity index (χ2n) is 2.97. The zero-order valence-electron chi connectivity index (χ0n) is 8.55. The molecule has 0 radical (unpaired) electrons. The summed E-state index contributed by atoms with van der Waals surface area (Å²) in [4.78, 5) is 10.7. The second kappa shape index (κ2) is 5.13. The number of rotatable bonds is 1. The first-order valence-electron chi connectivity index (χ1n) is 3.81. The Kier molecular flexibility index (Phi) is 5.11. The van der Waals surface area contributed by atoms with E-state index in [2.05, 4.69) is 0 Å². The van der Waals surface area contributed by atoms with Gasteiger partial charge >= 0.3 is 51.4 Å². The van der Waals surface area contributed by atoms with Crippen LogP contribution in [0.4, 0.5) is 11.4 Å². The van der Waals surface area contributed by atoms with E-state index < -0.39 is 5.97 Å². The third kappa shape index (κ3) is 2.49. The van der Waals surface area contributed by atoms with E-state index in [1.54, 1.807) is 19.9 Å². The van der Waals surface area contributed by atoms with E-state index in [9.17, 15) is 9.90 Å². The minimum absolute atomic E-state index is 0. The van der Waals surface area contributed by atoms with Crippen LogP contribution in [0, 0.1) is 13.8 Å². The van der Waals surface area contributed by atoms with Gasteiger partial charge in [0.15, 0.2) is 0 Å². The van der Waals surface area contributed by atoms with Crippen LogP contribution in [0.3, 0.4) is 0 Å². The van der Waals surface area contributed by atoms with Gasteiger partial charge in [-0.1, -0.05) is 0 Å². The molecule has 0 unspecified atom stereocenters. The second-order valence-corrected chi connectivity index (χ2v) is 2.97. The van der Waals surface area contributed by atoms with Gasteiger partial charge in [-0.05, 0) is 31.0 Å². The van der Waals surface area contributed by atoms with Crippen LogP contribution < -0.4 is 68.0 Å². The minimum Gasteiger partial charge on any atom is -0.545 e. The monoisotopic (exact) mass is 218 g/mol. The fourth-order valence-electron chi connectivity index (χ4n) is 1.26. The van der Waals surface area contributed by atoms with Gasteiger partial charge in [-0.3, -0.25) is 0 Å². The molecule has 0 saturated carbocycles. The number of benzene rings is 1. The Bertz CT molecular complexity index is 351. The summed E-state index contributed by atoms with van der Waals surface area (Å²) in [5.74, 6) is -1.24. The summed E-state index contributed by atoms with van der Waals surface area (Å²) in [5.41, 5.74) is 13.0. The van der Waals surface area contributed by atoms with Gasteiger partial charge < -0.3 is 21.4 Å². The molecule has 4 nitrogen and oxygen atoms in total. The third-order valence-electron chi connectivity index (χ3n) is 2.13. The molecule has 70 valence electrons. The number of aromatic carboxylic acids is 1. The normalized spacial score (nSPS) is 9.29. The molecule has 0 aliphatic rings. The minimum atomic E-state index is -1.24. The molecule has 1 rings (SSSR count). The molecule has 0 amide bonds. The first-order valence-corrected chi connectivity index (χ1v) is 3.81. The van der Waals surface area contributed by atoms with Gasteiger partial charge in [-0.15, -0.1) is 0 Å². The van der Waals surface area contributed by atoms with E-state index in [0.29, 0.717) is 22.5 Å². The summed E-state index contributed by atoms with van der Waals surface area (Å²) in [7, 11) is 0. The maximum absolute atomic E-state index is 10.7. The number of carboxylic acid groups (broad SMARTS) is 1. The summed E-state index contributed by atoms with van der Waals surface area (Å²) in [6.45, 7) is 3.26. The van der Waals surface area contributed by atoms with Crippen molar-refractivity contribution in [1.82, 2.24) is 0 Å². The number of carboxylic acids is 1. The molecule has 0 saturated heterocycles. The smallest absolute Gasteiger partial charge is 0.545 e. The van der Waals surface area contributed by atoms with Crippen LogP contribution in [0.15, 0.2) is 6.07 Å². The molecule has 0 aromatic heterocycles. The number of anilines is 2. The first-order chi connectivity index (χ1) is 5.95. The summed E-state index contributed by atoms with van der Waals surface area (Å²) in [6, 6.07) is 1.55. The number of hydrogen-bond donors (Lipinski definition) is 2. The Labute approximate surface area is 125 Å². The zero-order valence-corrected chi connectivity index (χ0v) is 11.7. The first kappa shape index (κ1) is 13.9. The molecular formula is C9H11KN2O2. The van der Waals surface area contributed by atoms with E-state index in [0.717, 1.165) is 0 Å². The third-order valence-corrected chi connectivity index (χ3v) is 2.13. The van der Waals surface area contributed by atoms with Crippen molar-refractivity contribution in [2.45, 2.75) is 13.8 Å². The van der Waals surface area contributed by atoms with Crippen LogP contribution in [0.25, 0.3) is 0 Å². The fraction of sp³-hybridized carbons (Fsp3) is 0.222. The van der Waals surface area contributed by atoms with Crippen molar-refractivity contribution in [2.75, 3.05) is 11.5 Å². The number of nitrogen functional groups attached to an aromatic ring is 2. The van der Waals surface area contributed by atoms with Crippen molar-refractivity contribution in [3.8, 4) is 0 Å². The fourth-order valence-corrected chi connectivity index (χ4v) is 1.26. The largest absolute Gasteiger partial charge is 1.00 e. The van der Waals surface area contributed by atoms with Gasteiger partial charge in [0, 0.05) is 16.9 Å². The molecule has 0 fully saturated rings. The molecule has 0 atom stereocenters. The van der Waals surface area contributed by atoms with E-state index in [1.807, 2.05) is 0 Å². The van der Waals surface area contributed by atoms with Crippen LogP contribution in [0.1, 0.15) is 21.5 Å². The van der Waals surface area contributed by atoms with Gasteiger partial charge in [-0.2, -0.15) is 0 Å². The van der Waals surface area contributed by atoms with E-state index in [4.69, 9.17) is 11.5 Å². The Morgan fingerprint density at radius 1 is 1.21 bits per heavy atom. The van der Waals surface area contributed by atoms with Crippen molar-refractivity contribution < 1.29 is 61.3 Å². The van der Waals surface area contributed by atoms with Gasteiger partial charge in [0.05, 0.1) is 5.97 Å². The molecule has 1 aromatic carbocycles. The van der Waals surface area contributed by atoms with E-state index >= 15 is 0 Å². The Balaban J connectivity index is 0.00000169. The number of nitrogens with two attached hydrogens (primary N) is 2. The standard InChI is InChI=1S/C9H12N2O2.K/c1-4-6(10)3-7(11)5(2)8(4)9(12)13;/h3H,10-11H2,1-2H3,(H,12,13);/q;+1/p-1. The average Bonchev–Trinajstić information content (AvgIpc) is 2.01. The SMILES string of the molecule is Cc1c(N)cc(N)c(C)c1C(=O)[O-].[K+]. The van der Waals surface area contributed by atoms with Crippen LogP contribution >= 0.6 is 0 Å². The molecule has 5 heteroatoms. The van der Waals surface area contributed by atoms with E-state index in [1.165, 1.54) is 0 Å². The zero-order chi connectivity index (χ0) is 10.2. The predicted octanol–water partition coefficient (Wildman–Crippen LogP) is -3.16. The Morgan fingerprint density at radius 2 is 1.57 bits per heavy atom. The molecule has 1 aromatic rings. The van der Waals surface area contributed by atoms with Crippen molar-refractivity contribution >= 4 is 17.3 Å². The van der Waals surface area contributed by atoms with Gasteiger partial charge in [0.25, 0.3) is 0 Å². The summed E-state index contributed by atoms with van der Waals surface area (Å²) >= 11 is 0. The average molecular weight is 218 g/mol. The summed E-state index contributed by atoms with van der Waals surface area (Å²) in [5, 5.41) is 10.7. The predicted molar refractivity (Wildman–Crippen MR) is 49.1 cm³/mol. The van der Waals surface area contributed by atoms with Crippen LogP contribution in [-0.4, -0.2) is 5.97 Å². The van der Waals surface area contributed by atoms with Gasteiger partial charge in [0.2, 0.25) is 0 Å². The molecule has 0 spiro atoms. The Hall–Kier alpha value is -0.0736. The number of carbonyl (C=O) groups excluding carboxylic acids is 1. The summed E-state index contributed by atoms with van der Waals surface area (Å²) < 4.78 is 0. The van der Waals surface area contributed by atoms with Crippen molar-refractivity contribution in [1.29, 1.82) is 0 Å². The molecule has 0 heterocycles. The van der Waals surface area contributed by atoms with Crippen LogP contribution in [-0.2, 0) is 0 Å². The van der Waals surface area contributed by atoms with Crippen molar-refractivity contribution in [2.24, 2.45) is 0 Å². The maximum atomic E-state index is 10.7. The van der Waals surface area contributed by atoms with Crippen molar-refractivity contribution in [3.63, 3.8) is 0 Å². The maximum Gasteiger partial charge on any atom is 1.00 e. The van der Waals surface area contributed by atoms with Crippen LogP contribution in [0.2, 0.25) is 0 Å². The van der Waals surface area contributed by atoms with Crippen LogP contribution in [0.5, 0.6) is 0 Å². The van der Waals surface area contributed by atoms with E-state index in [-0.39, 0.29) is 56.9 Å². The number of hydrogen-bond acceptors (Lipinski definition) is 4. The quantitative estimate of drug-likeness (QED) is 0.384. The molecule has 4 N–H and O–H groups in total.